The van der Waals surface area contributed by atoms with Crippen LogP contribution in [0.25, 0.3) is 11.1 Å². The summed E-state index contributed by atoms with van der Waals surface area (Å²) in [4.78, 5) is 33.5. The minimum Gasteiger partial charge on any atom is -0.473 e. The van der Waals surface area contributed by atoms with E-state index in [-0.39, 0.29) is 12.6 Å². The van der Waals surface area contributed by atoms with Crippen molar-refractivity contribution in [3.8, 4) is 17.0 Å². The molecule has 0 saturated heterocycles. The fourth-order valence-electron chi connectivity index (χ4n) is 4.35. The minimum atomic E-state index is -0.391. The van der Waals surface area contributed by atoms with E-state index in [1.165, 1.54) is 20.5 Å². The first-order valence-corrected chi connectivity index (χ1v) is 12.9. The van der Waals surface area contributed by atoms with Gasteiger partial charge in [0.15, 0.2) is 0 Å². The van der Waals surface area contributed by atoms with Crippen LogP contribution in [0.3, 0.4) is 0 Å². The number of esters is 2. The maximum atomic E-state index is 12.7. The van der Waals surface area contributed by atoms with E-state index in [0.29, 0.717) is 23.4 Å². The van der Waals surface area contributed by atoms with Crippen LogP contribution in [-0.4, -0.2) is 36.1 Å². The number of hydrogen-bond acceptors (Lipinski definition) is 7. The molecule has 0 spiro atoms. The van der Waals surface area contributed by atoms with E-state index in [1.54, 1.807) is 12.1 Å². The molecule has 0 N–H and O–H groups in total. The van der Waals surface area contributed by atoms with Gasteiger partial charge in [-0.25, -0.2) is 19.6 Å². The smallest absolute Gasteiger partial charge is 0.338 e. The maximum Gasteiger partial charge on any atom is 0.338 e. The molecule has 0 atom stereocenters. The Balaban J connectivity index is 1.64. The average Bonchev–Trinajstić information content (AvgIpc) is 2.99. The normalized spacial score (nSPS) is 10.6. The van der Waals surface area contributed by atoms with Gasteiger partial charge in [-0.1, -0.05) is 67.9 Å². The van der Waals surface area contributed by atoms with Gasteiger partial charge in [0.05, 0.1) is 31.0 Å². The number of unbranched alkanes of at least 4 members (excludes halogenated alkanes) is 1. The van der Waals surface area contributed by atoms with Crippen molar-refractivity contribution in [1.29, 1.82) is 0 Å². The van der Waals surface area contributed by atoms with Crippen LogP contribution < -0.4 is 4.74 Å². The Morgan fingerprint density at radius 2 is 1.54 bits per heavy atom. The second kappa shape index (κ2) is 13.3. The highest BCUT2D eigenvalue weighted by Crippen LogP contribution is 2.29. The standard InChI is InChI=1S/C32H32N2O5/c1-4-5-11-29-28(30(34-21-33-29)39-20-22-12-15-25(16-13-22)31(35)37-2)19-23-14-17-26(24-9-7-6-8-10-24)27(18-23)32(36)38-3/h6-10,12-18,21H,4-5,11,19-20H2,1-3H3. The number of aromatic nitrogens is 2. The largest absolute Gasteiger partial charge is 0.473 e. The molecule has 0 radical (unpaired) electrons. The van der Waals surface area contributed by atoms with Gasteiger partial charge in [0, 0.05) is 12.0 Å². The van der Waals surface area contributed by atoms with Crippen molar-refractivity contribution < 1.29 is 23.8 Å². The second-order valence-electron chi connectivity index (χ2n) is 9.10. The highest BCUT2D eigenvalue weighted by molar-refractivity contribution is 5.97. The van der Waals surface area contributed by atoms with Crippen molar-refractivity contribution in [1.82, 2.24) is 9.97 Å². The zero-order valence-electron chi connectivity index (χ0n) is 22.5. The third kappa shape index (κ3) is 6.87. The predicted octanol–water partition coefficient (Wildman–Crippen LogP) is 6.23. The lowest BCUT2D eigenvalue weighted by Crippen LogP contribution is -2.09. The maximum absolute atomic E-state index is 12.7. The molecule has 200 valence electrons. The summed E-state index contributed by atoms with van der Waals surface area (Å²) < 4.78 is 16.1. The molecule has 0 aliphatic rings. The highest BCUT2D eigenvalue weighted by Gasteiger charge is 2.18. The van der Waals surface area contributed by atoms with Crippen molar-refractivity contribution in [2.75, 3.05) is 14.2 Å². The van der Waals surface area contributed by atoms with Gasteiger partial charge < -0.3 is 14.2 Å². The lowest BCUT2D eigenvalue weighted by molar-refractivity contribution is 0.0592. The quantitative estimate of drug-likeness (QED) is 0.215. The first-order valence-electron chi connectivity index (χ1n) is 12.9. The van der Waals surface area contributed by atoms with Gasteiger partial charge in [-0.15, -0.1) is 0 Å². The third-order valence-electron chi connectivity index (χ3n) is 6.47. The van der Waals surface area contributed by atoms with Crippen LogP contribution in [0.1, 0.15) is 62.9 Å². The Bertz CT molecular complexity index is 1420. The number of carbonyl (C=O) groups excluding carboxylic acids is 2. The molecule has 0 fully saturated rings. The van der Waals surface area contributed by atoms with Gasteiger partial charge in [-0.3, -0.25) is 0 Å². The molecular formula is C32H32N2O5. The summed E-state index contributed by atoms with van der Waals surface area (Å²) in [5, 5.41) is 0. The molecule has 7 nitrogen and oxygen atoms in total. The number of benzene rings is 3. The number of carbonyl (C=O) groups is 2. The van der Waals surface area contributed by atoms with Crippen molar-refractivity contribution in [2.24, 2.45) is 0 Å². The molecule has 7 heteroatoms. The second-order valence-corrected chi connectivity index (χ2v) is 9.10. The fraction of sp³-hybridized carbons (Fsp3) is 0.250. The van der Waals surface area contributed by atoms with Gasteiger partial charge >= 0.3 is 11.9 Å². The number of aryl methyl sites for hydroxylation is 1. The SMILES string of the molecule is CCCCc1ncnc(OCc2ccc(C(=O)OC)cc2)c1Cc1ccc(-c2ccccc2)c(C(=O)OC)c1. The number of ether oxygens (including phenoxy) is 3. The van der Waals surface area contributed by atoms with E-state index in [1.807, 2.05) is 60.7 Å². The summed E-state index contributed by atoms with van der Waals surface area (Å²) in [6.45, 7) is 2.42. The summed E-state index contributed by atoms with van der Waals surface area (Å²) in [5.41, 5.74) is 6.37. The number of nitrogens with zero attached hydrogens (tertiary/aromatic N) is 2. The van der Waals surface area contributed by atoms with Gasteiger partial charge in [0.1, 0.15) is 12.9 Å². The zero-order chi connectivity index (χ0) is 27.6. The van der Waals surface area contributed by atoms with Crippen LogP contribution in [0.2, 0.25) is 0 Å². The molecular weight excluding hydrogens is 492 g/mol. The van der Waals surface area contributed by atoms with Gasteiger partial charge in [0.2, 0.25) is 5.88 Å². The molecule has 1 heterocycles. The Labute approximate surface area is 228 Å². The fourth-order valence-corrected chi connectivity index (χ4v) is 4.35. The monoisotopic (exact) mass is 524 g/mol. The van der Waals surface area contributed by atoms with Gasteiger partial charge in [-0.2, -0.15) is 0 Å². The molecule has 3 aromatic carbocycles. The van der Waals surface area contributed by atoms with Crippen LogP contribution >= 0.6 is 0 Å². The zero-order valence-corrected chi connectivity index (χ0v) is 22.5. The van der Waals surface area contributed by atoms with Crippen molar-refractivity contribution in [3.05, 3.63) is 113 Å². The lowest BCUT2D eigenvalue weighted by atomic mass is 9.94. The van der Waals surface area contributed by atoms with E-state index in [4.69, 9.17) is 14.2 Å². The van der Waals surface area contributed by atoms with Crippen LogP contribution in [-0.2, 0) is 28.9 Å². The molecule has 0 saturated carbocycles. The topological polar surface area (TPSA) is 87.6 Å². The molecule has 1 aromatic heterocycles. The average molecular weight is 525 g/mol. The molecule has 0 unspecified atom stereocenters. The van der Waals surface area contributed by atoms with E-state index in [0.717, 1.165) is 52.8 Å². The molecule has 0 amide bonds. The summed E-state index contributed by atoms with van der Waals surface area (Å²) >= 11 is 0. The van der Waals surface area contributed by atoms with Crippen LogP contribution in [0.4, 0.5) is 0 Å². The Hall–Kier alpha value is -4.52. The summed E-state index contributed by atoms with van der Waals surface area (Å²) in [6.07, 6.45) is 4.84. The minimum absolute atomic E-state index is 0.277. The van der Waals surface area contributed by atoms with Crippen LogP contribution in [0.15, 0.2) is 79.1 Å². The number of rotatable bonds is 11. The third-order valence-corrected chi connectivity index (χ3v) is 6.47. The molecule has 0 aliphatic carbocycles. The molecule has 4 aromatic rings. The lowest BCUT2D eigenvalue weighted by Gasteiger charge is -2.16. The van der Waals surface area contributed by atoms with Crippen molar-refractivity contribution in [3.63, 3.8) is 0 Å². The Morgan fingerprint density at radius 1 is 0.821 bits per heavy atom. The summed E-state index contributed by atoms with van der Waals surface area (Å²) in [6, 6.07) is 22.7. The Morgan fingerprint density at radius 3 is 2.23 bits per heavy atom. The van der Waals surface area contributed by atoms with Crippen LogP contribution in [0.5, 0.6) is 5.88 Å². The molecule has 39 heavy (non-hydrogen) atoms. The van der Waals surface area contributed by atoms with E-state index in [2.05, 4.69) is 16.9 Å². The van der Waals surface area contributed by atoms with Crippen molar-refractivity contribution >= 4 is 11.9 Å². The number of hydrogen-bond donors (Lipinski definition) is 0. The number of methoxy groups -OCH3 is 2. The van der Waals surface area contributed by atoms with Gasteiger partial charge in [-0.05, 0) is 53.3 Å². The molecule has 0 bridgehead atoms. The highest BCUT2D eigenvalue weighted by atomic mass is 16.5. The van der Waals surface area contributed by atoms with E-state index in [9.17, 15) is 9.59 Å². The van der Waals surface area contributed by atoms with E-state index < -0.39 is 5.97 Å². The predicted molar refractivity (Wildman–Crippen MR) is 149 cm³/mol. The summed E-state index contributed by atoms with van der Waals surface area (Å²) in [7, 11) is 2.75. The molecule has 4 rings (SSSR count). The summed E-state index contributed by atoms with van der Waals surface area (Å²) in [5.74, 6) is -0.274. The molecule has 0 aliphatic heterocycles. The van der Waals surface area contributed by atoms with Crippen LogP contribution in [0, 0.1) is 0 Å². The first kappa shape index (κ1) is 27.5. The van der Waals surface area contributed by atoms with Crippen molar-refractivity contribution in [2.45, 2.75) is 39.2 Å². The van der Waals surface area contributed by atoms with Gasteiger partial charge in [0.25, 0.3) is 0 Å². The Kier molecular flexibility index (Phi) is 9.40. The first-order chi connectivity index (χ1) is 19.0. The van der Waals surface area contributed by atoms with E-state index >= 15 is 0 Å².